The number of hydrogen-bond acceptors (Lipinski definition) is 3. The average Bonchev–Trinajstić information content (AvgIpc) is 2.74. The molecule has 90 valence electrons. The molecule has 0 aliphatic carbocycles. The van der Waals surface area contributed by atoms with E-state index in [0.717, 1.165) is 22.7 Å². The fourth-order valence-corrected chi connectivity index (χ4v) is 2.62. The van der Waals surface area contributed by atoms with Crippen LogP contribution in [0.25, 0.3) is 0 Å². The van der Waals surface area contributed by atoms with Crippen LogP contribution in [0.4, 0.5) is 0 Å². The number of nitrogens with zero attached hydrogens (tertiary/aromatic N) is 1. The van der Waals surface area contributed by atoms with E-state index in [1.54, 1.807) is 11.3 Å². The van der Waals surface area contributed by atoms with Crippen molar-refractivity contribution in [2.45, 2.75) is 32.8 Å². The first-order valence-corrected chi connectivity index (χ1v) is 6.75. The summed E-state index contributed by atoms with van der Waals surface area (Å²) < 4.78 is 0. The lowest BCUT2D eigenvalue weighted by atomic mass is 9.98. The van der Waals surface area contributed by atoms with Gasteiger partial charge in [-0.05, 0) is 24.5 Å². The largest absolute Gasteiger partial charge is 0.388 e. The summed E-state index contributed by atoms with van der Waals surface area (Å²) in [5.74, 6) is 0. The number of hydrogen-bond donors (Lipinski definition) is 1. The molecule has 0 saturated carbocycles. The number of thiazole rings is 1. The molecule has 3 heteroatoms. The minimum Gasteiger partial charge on any atom is -0.388 e. The van der Waals surface area contributed by atoms with E-state index in [1.165, 1.54) is 5.56 Å². The molecule has 1 aromatic heterocycles. The van der Waals surface area contributed by atoms with Crippen LogP contribution in [0.3, 0.4) is 0 Å². The Kier molecular flexibility index (Phi) is 3.92. The van der Waals surface area contributed by atoms with E-state index in [2.05, 4.69) is 18.0 Å². The normalized spacial score (nSPS) is 12.6. The molecule has 0 aliphatic heterocycles. The Labute approximate surface area is 106 Å². The van der Waals surface area contributed by atoms with Crippen molar-refractivity contribution in [2.24, 2.45) is 0 Å². The smallest absolute Gasteiger partial charge is 0.0897 e. The van der Waals surface area contributed by atoms with Gasteiger partial charge in [-0.15, -0.1) is 11.3 Å². The van der Waals surface area contributed by atoms with Gasteiger partial charge in [-0.1, -0.05) is 31.2 Å². The average molecular weight is 247 g/mol. The van der Waals surface area contributed by atoms with Crippen molar-refractivity contribution in [3.05, 3.63) is 51.5 Å². The lowest BCUT2D eigenvalue weighted by Crippen LogP contribution is -2.05. The minimum atomic E-state index is -0.451. The fourth-order valence-electron chi connectivity index (χ4n) is 1.99. The highest BCUT2D eigenvalue weighted by Crippen LogP contribution is 2.23. The summed E-state index contributed by atoms with van der Waals surface area (Å²) in [4.78, 5) is 4.39. The van der Waals surface area contributed by atoms with Crippen molar-refractivity contribution in [1.29, 1.82) is 0 Å². The van der Waals surface area contributed by atoms with Gasteiger partial charge in [-0.25, -0.2) is 4.98 Å². The molecule has 0 aliphatic rings. The van der Waals surface area contributed by atoms with Gasteiger partial charge in [0.2, 0.25) is 0 Å². The maximum atomic E-state index is 10.3. The molecule has 1 heterocycles. The van der Waals surface area contributed by atoms with Gasteiger partial charge in [0, 0.05) is 11.8 Å². The molecule has 0 fully saturated rings. The summed E-state index contributed by atoms with van der Waals surface area (Å²) in [6, 6.07) is 8.07. The standard InChI is InChI=1S/C14H17NOS/c1-3-11-6-4-5-7-13(11)14(16)8-12-9-17-10(2)15-12/h4-7,9,14,16H,3,8H2,1-2H3. The predicted octanol–water partition coefficient (Wildman–Crippen LogP) is 3.29. The molecule has 2 aromatic rings. The SMILES string of the molecule is CCc1ccccc1C(O)Cc1csc(C)n1. The second-order valence-electron chi connectivity index (χ2n) is 4.13. The van der Waals surface area contributed by atoms with Gasteiger partial charge in [0.05, 0.1) is 16.8 Å². The molecule has 1 N–H and O–H groups in total. The molecular weight excluding hydrogens is 230 g/mol. The first-order valence-electron chi connectivity index (χ1n) is 5.87. The van der Waals surface area contributed by atoms with Crippen LogP contribution in [0.15, 0.2) is 29.6 Å². The highest BCUT2D eigenvalue weighted by atomic mass is 32.1. The van der Waals surface area contributed by atoms with Gasteiger partial charge in [0.15, 0.2) is 0 Å². The third-order valence-electron chi connectivity index (χ3n) is 2.86. The number of aliphatic hydroxyl groups excluding tert-OH is 1. The van der Waals surface area contributed by atoms with E-state index < -0.39 is 6.10 Å². The number of aliphatic hydroxyl groups is 1. The van der Waals surface area contributed by atoms with E-state index >= 15 is 0 Å². The molecule has 0 spiro atoms. The predicted molar refractivity (Wildman–Crippen MR) is 71.3 cm³/mol. The minimum absolute atomic E-state index is 0.451. The zero-order valence-corrected chi connectivity index (χ0v) is 11.0. The number of aromatic nitrogens is 1. The van der Waals surface area contributed by atoms with E-state index in [0.29, 0.717) is 6.42 Å². The van der Waals surface area contributed by atoms with Gasteiger partial charge in [-0.3, -0.25) is 0 Å². The van der Waals surface area contributed by atoms with Gasteiger partial charge in [-0.2, -0.15) is 0 Å². The molecule has 2 rings (SSSR count). The first-order chi connectivity index (χ1) is 8.20. The Morgan fingerprint density at radius 2 is 2.12 bits per heavy atom. The molecule has 0 amide bonds. The number of benzene rings is 1. The van der Waals surface area contributed by atoms with Crippen LogP contribution in [-0.2, 0) is 12.8 Å². The second-order valence-corrected chi connectivity index (χ2v) is 5.19. The van der Waals surface area contributed by atoms with Gasteiger partial charge < -0.3 is 5.11 Å². The Morgan fingerprint density at radius 1 is 1.35 bits per heavy atom. The zero-order valence-electron chi connectivity index (χ0n) is 10.2. The molecule has 0 saturated heterocycles. The van der Waals surface area contributed by atoms with Crippen LogP contribution in [0.1, 0.15) is 34.9 Å². The van der Waals surface area contributed by atoms with Gasteiger partial charge in [0.1, 0.15) is 0 Å². The Bertz CT molecular complexity index is 492. The second kappa shape index (κ2) is 5.43. The lowest BCUT2D eigenvalue weighted by Gasteiger charge is -2.13. The summed E-state index contributed by atoms with van der Waals surface area (Å²) in [6.45, 7) is 4.10. The molecule has 0 radical (unpaired) electrons. The van der Waals surface area contributed by atoms with Crippen LogP contribution < -0.4 is 0 Å². The topological polar surface area (TPSA) is 33.1 Å². The van der Waals surface area contributed by atoms with Crippen LogP contribution in [-0.4, -0.2) is 10.1 Å². The Morgan fingerprint density at radius 3 is 2.76 bits per heavy atom. The molecular formula is C14H17NOS. The summed E-state index contributed by atoms with van der Waals surface area (Å²) in [6.07, 6.45) is 1.10. The monoisotopic (exact) mass is 247 g/mol. The first kappa shape index (κ1) is 12.3. The molecule has 0 bridgehead atoms. The van der Waals surface area contributed by atoms with E-state index in [1.807, 2.05) is 30.5 Å². The molecule has 17 heavy (non-hydrogen) atoms. The van der Waals surface area contributed by atoms with Crippen molar-refractivity contribution in [1.82, 2.24) is 4.98 Å². The van der Waals surface area contributed by atoms with Crippen molar-refractivity contribution >= 4 is 11.3 Å². The summed E-state index contributed by atoms with van der Waals surface area (Å²) in [7, 11) is 0. The summed E-state index contributed by atoms with van der Waals surface area (Å²) >= 11 is 1.63. The van der Waals surface area contributed by atoms with Crippen molar-refractivity contribution in [3.8, 4) is 0 Å². The van der Waals surface area contributed by atoms with Crippen LogP contribution >= 0.6 is 11.3 Å². The van der Waals surface area contributed by atoms with E-state index in [-0.39, 0.29) is 0 Å². The quantitative estimate of drug-likeness (QED) is 0.899. The highest BCUT2D eigenvalue weighted by Gasteiger charge is 2.13. The van der Waals surface area contributed by atoms with Crippen molar-refractivity contribution in [2.75, 3.05) is 0 Å². The third kappa shape index (κ3) is 2.93. The van der Waals surface area contributed by atoms with Gasteiger partial charge in [0.25, 0.3) is 0 Å². The molecule has 1 atom stereocenters. The maximum Gasteiger partial charge on any atom is 0.0897 e. The summed E-state index contributed by atoms with van der Waals surface area (Å²) in [5.41, 5.74) is 3.22. The van der Waals surface area contributed by atoms with E-state index in [9.17, 15) is 5.11 Å². The van der Waals surface area contributed by atoms with Crippen LogP contribution in [0, 0.1) is 6.92 Å². The van der Waals surface area contributed by atoms with Crippen LogP contribution in [0.2, 0.25) is 0 Å². The Hall–Kier alpha value is -1.19. The van der Waals surface area contributed by atoms with E-state index in [4.69, 9.17) is 0 Å². The number of rotatable bonds is 4. The lowest BCUT2D eigenvalue weighted by molar-refractivity contribution is 0.176. The third-order valence-corrected chi connectivity index (χ3v) is 3.69. The van der Waals surface area contributed by atoms with Gasteiger partial charge >= 0.3 is 0 Å². The molecule has 1 aromatic carbocycles. The fraction of sp³-hybridized carbons (Fsp3) is 0.357. The molecule has 1 unspecified atom stereocenters. The highest BCUT2D eigenvalue weighted by molar-refractivity contribution is 7.09. The zero-order chi connectivity index (χ0) is 12.3. The molecule has 2 nitrogen and oxygen atoms in total. The van der Waals surface area contributed by atoms with Crippen molar-refractivity contribution in [3.63, 3.8) is 0 Å². The van der Waals surface area contributed by atoms with Crippen LogP contribution in [0.5, 0.6) is 0 Å². The maximum absolute atomic E-state index is 10.3. The summed E-state index contributed by atoms with van der Waals surface area (Å²) in [5, 5.41) is 13.3. The number of aryl methyl sites for hydroxylation is 2. The van der Waals surface area contributed by atoms with Crippen molar-refractivity contribution < 1.29 is 5.11 Å². The Balaban J connectivity index is 2.16.